The lowest BCUT2D eigenvalue weighted by Crippen LogP contribution is -1.94. The van der Waals surface area contributed by atoms with Crippen molar-refractivity contribution >= 4 is 28.2 Å². The van der Waals surface area contributed by atoms with Crippen molar-refractivity contribution in [3.05, 3.63) is 40.2 Å². The number of ketones is 1. The van der Waals surface area contributed by atoms with Crippen molar-refractivity contribution in [3.63, 3.8) is 0 Å². The molecule has 0 spiro atoms. The molecule has 16 heavy (non-hydrogen) atoms. The number of hydrogen-bond acceptors (Lipinski definition) is 2. The van der Waals surface area contributed by atoms with Crippen molar-refractivity contribution in [3.8, 4) is 5.75 Å². The Bertz CT molecular complexity index is 649. The molecular weight excluding hydrogens is 231 g/mol. The van der Waals surface area contributed by atoms with Gasteiger partial charge < -0.3 is 5.11 Å². The van der Waals surface area contributed by atoms with Crippen LogP contribution in [0.2, 0.25) is 5.02 Å². The second-order valence-electron chi connectivity index (χ2n) is 3.81. The first-order chi connectivity index (χ1) is 7.59. The van der Waals surface area contributed by atoms with E-state index in [1.54, 1.807) is 0 Å². The molecule has 0 atom stereocenters. The SMILES string of the molecule is O=C1Cc2c(F)ccc3c(Cl)c(O)cc1c23. The van der Waals surface area contributed by atoms with Crippen molar-refractivity contribution in [1.82, 2.24) is 0 Å². The largest absolute Gasteiger partial charge is 0.506 e. The van der Waals surface area contributed by atoms with Gasteiger partial charge in [0, 0.05) is 28.3 Å². The first-order valence-electron chi connectivity index (χ1n) is 4.75. The Kier molecular flexibility index (Phi) is 1.77. The third kappa shape index (κ3) is 1.04. The van der Waals surface area contributed by atoms with E-state index in [-0.39, 0.29) is 23.0 Å². The monoisotopic (exact) mass is 236 g/mol. The van der Waals surface area contributed by atoms with Crippen LogP contribution >= 0.6 is 11.6 Å². The predicted octanol–water partition coefficient (Wildman–Crippen LogP) is 3.08. The number of phenolic OH excluding ortho intramolecular Hbond substituents is 1. The van der Waals surface area contributed by atoms with Gasteiger partial charge in [0.1, 0.15) is 11.6 Å². The van der Waals surface area contributed by atoms with E-state index in [9.17, 15) is 14.3 Å². The molecule has 0 saturated heterocycles. The molecule has 0 radical (unpaired) electrons. The topological polar surface area (TPSA) is 37.3 Å². The quantitative estimate of drug-likeness (QED) is 0.763. The summed E-state index contributed by atoms with van der Waals surface area (Å²) < 4.78 is 13.5. The molecule has 0 heterocycles. The standard InChI is InChI=1S/C12H6ClFO2/c13-12-5-1-2-8(14)6-3-9(15)7(11(5)6)4-10(12)16/h1-2,4,16H,3H2. The van der Waals surface area contributed by atoms with Crippen LogP contribution in [0.5, 0.6) is 5.75 Å². The third-order valence-electron chi connectivity index (χ3n) is 2.91. The first kappa shape index (κ1) is 9.60. The van der Waals surface area contributed by atoms with Crippen molar-refractivity contribution in [1.29, 1.82) is 0 Å². The van der Waals surface area contributed by atoms with Crippen molar-refractivity contribution in [2.45, 2.75) is 6.42 Å². The van der Waals surface area contributed by atoms with Crippen molar-refractivity contribution in [2.24, 2.45) is 0 Å². The molecule has 0 unspecified atom stereocenters. The zero-order chi connectivity index (χ0) is 11.4. The Morgan fingerprint density at radius 1 is 1.38 bits per heavy atom. The molecule has 0 saturated carbocycles. The predicted molar refractivity (Wildman–Crippen MR) is 58.6 cm³/mol. The molecule has 0 aliphatic heterocycles. The number of Topliss-reactive ketones (excluding diaryl/α,β-unsaturated/α-hetero) is 1. The maximum atomic E-state index is 13.5. The highest BCUT2D eigenvalue weighted by Crippen LogP contribution is 2.40. The Hall–Kier alpha value is -1.61. The molecule has 0 bridgehead atoms. The molecule has 1 aliphatic carbocycles. The summed E-state index contributed by atoms with van der Waals surface area (Å²) in [6.45, 7) is 0. The summed E-state index contributed by atoms with van der Waals surface area (Å²) in [5.41, 5.74) is 0.728. The number of benzene rings is 2. The van der Waals surface area contributed by atoms with E-state index >= 15 is 0 Å². The summed E-state index contributed by atoms with van der Waals surface area (Å²) in [6.07, 6.45) is 0.0400. The molecule has 4 heteroatoms. The van der Waals surface area contributed by atoms with Crippen molar-refractivity contribution in [2.75, 3.05) is 0 Å². The second-order valence-corrected chi connectivity index (χ2v) is 4.18. The fourth-order valence-corrected chi connectivity index (χ4v) is 2.38. The minimum atomic E-state index is -0.402. The van der Waals surface area contributed by atoms with Crippen LogP contribution in [-0.2, 0) is 6.42 Å². The lowest BCUT2D eigenvalue weighted by Gasteiger charge is -2.05. The van der Waals surface area contributed by atoms with Crippen LogP contribution in [0, 0.1) is 5.82 Å². The molecular formula is C12H6ClFO2. The minimum absolute atomic E-state index is 0.0400. The number of phenols is 1. The molecule has 0 aromatic heterocycles. The maximum Gasteiger partial charge on any atom is 0.168 e. The molecule has 3 rings (SSSR count). The Labute approximate surface area is 95.3 Å². The zero-order valence-electron chi connectivity index (χ0n) is 8.05. The van der Waals surface area contributed by atoms with E-state index < -0.39 is 5.82 Å². The van der Waals surface area contributed by atoms with Crippen LogP contribution in [0.15, 0.2) is 18.2 Å². The van der Waals surface area contributed by atoms with Gasteiger partial charge in [-0.1, -0.05) is 11.6 Å². The van der Waals surface area contributed by atoms with Gasteiger partial charge in [0.05, 0.1) is 5.02 Å². The van der Waals surface area contributed by atoms with Crippen LogP contribution in [-0.4, -0.2) is 10.9 Å². The Morgan fingerprint density at radius 3 is 2.88 bits per heavy atom. The summed E-state index contributed by atoms with van der Waals surface area (Å²) in [4.78, 5) is 11.6. The number of halogens is 2. The maximum absolute atomic E-state index is 13.5. The lowest BCUT2D eigenvalue weighted by atomic mass is 10.0. The summed E-state index contributed by atoms with van der Waals surface area (Å²) in [7, 11) is 0. The van der Waals surface area contributed by atoms with Gasteiger partial charge >= 0.3 is 0 Å². The fourth-order valence-electron chi connectivity index (χ4n) is 2.17. The molecule has 0 fully saturated rings. The van der Waals surface area contributed by atoms with Crippen LogP contribution in [0.1, 0.15) is 15.9 Å². The van der Waals surface area contributed by atoms with E-state index in [2.05, 4.69) is 0 Å². The van der Waals surface area contributed by atoms with Crippen LogP contribution in [0.25, 0.3) is 10.8 Å². The third-order valence-corrected chi connectivity index (χ3v) is 3.30. The van der Waals surface area contributed by atoms with Gasteiger partial charge in [-0.2, -0.15) is 0 Å². The Morgan fingerprint density at radius 2 is 2.12 bits per heavy atom. The van der Waals surface area contributed by atoms with Gasteiger partial charge in [-0.15, -0.1) is 0 Å². The first-order valence-corrected chi connectivity index (χ1v) is 5.13. The van der Waals surface area contributed by atoms with Gasteiger partial charge in [0.25, 0.3) is 0 Å². The number of aromatic hydroxyl groups is 1. The van der Waals surface area contributed by atoms with E-state index in [0.717, 1.165) is 0 Å². The van der Waals surface area contributed by atoms with Gasteiger partial charge in [0.2, 0.25) is 0 Å². The molecule has 80 valence electrons. The van der Waals surface area contributed by atoms with Crippen LogP contribution < -0.4 is 0 Å². The summed E-state index contributed by atoms with van der Waals surface area (Å²) in [6, 6.07) is 4.06. The van der Waals surface area contributed by atoms with Crippen LogP contribution in [0.4, 0.5) is 4.39 Å². The smallest absolute Gasteiger partial charge is 0.168 e. The number of carbonyl (C=O) groups excluding carboxylic acids is 1. The number of hydrogen-bond donors (Lipinski definition) is 1. The van der Waals surface area contributed by atoms with Gasteiger partial charge in [-0.3, -0.25) is 4.79 Å². The minimum Gasteiger partial charge on any atom is -0.506 e. The second kappa shape index (κ2) is 2.95. The highest BCUT2D eigenvalue weighted by molar-refractivity contribution is 6.38. The highest BCUT2D eigenvalue weighted by Gasteiger charge is 2.27. The highest BCUT2D eigenvalue weighted by atomic mass is 35.5. The van der Waals surface area contributed by atoms with E-state index in [1.165, 1.54) is 18.2 Å². The van der Waals surface area contributed by atoms with E-state index in [0.29, 0.717) is 21.9 Å². The van der Waals surface area contributed by atoms with E-state index in [1.807, 2.05) is 0 Å². The zero-order valence-corrected chi connectivity index (χ0v) is 8.81. The summed E-state index contributed by atoms with van der Waals surface area (Å²) in [5.74, 6) is -0.726. The number of rotatable bonds is 0. The summed E-state index contributed by atoms with van der Waals surface area (Å²) >= 11 is 5.91. The lowest BCUT2D eigenvalue weighted by molar-refractivity contribution is 0.0998. The van der Waals surface area contributed by atoms with E-state index in [4.69, 9.17) is 11.6 Å². The van der Waals surface area contributed by atoms with Gasteiger partial charge in [-0.25, -0.2) is 4.39 Å². The van der Waals surface area contributed by atoms with Gasteiger partial charge in [-0.05, 0) is 18.2 Å². The molecule has 0 amide bonds. The fraction of sp³-hybridized carbons (Fsp3) is 0.0833. The molecule has 2 aromatic rings. The normalized spacial score (nSPS) is 13.8. The number of carbonyl (C=O) groups is 1. The average molecular weight is 237 g/mol. The average Bonchev–Trinajstić information content (AvgIpc) is 2.57. The van der Waals surface area contributed by atoms with Crippen molar-refractivity contribution < 1.29 is 14.3 Å². The molecule has 2 nitrogen and oxygen atoms in total. The molecule has 1 aliphatic rings. The van der Waals surface area contributed by atoms with Gasteiger partial charge in [0.15, 0.2) is 5.78 Å². The summed E-state index contributed by atoms with van der Waals surface area (Å²) in [5, 5.41) is 10.8. The van der Waals surface area contributed by atoms with Crippen LogP contribution in [0.3, 0.4) is 0 Å². The Balaban J connectivity index is 2.59. The molecule has 1 N–H and O–H groups in total. The molecule has 2 aromatic carbocycles.